The molecule has 0 aliphatic carbocycles. The van der Waals surface area contributed by atoms with Crippen LogP contribution in [0.1, 0.15) is 49.0 Å². The Labute approximate surface area is 124 Å². The summed E-state index contributed by atoms with van der Waals surface area (Å²) < 4.78 is 0. The highest BCUT2D eigenvalue weighted by atomic mass is 16.4. The van der Waals surface area contributed by atoms with Crippen LogP contribution in [0.3, 0.4) is 0 Å². The zero-order chi connectivity index (χ0) is 15.4. The molecule has 21 heavy (non-hydrogen) atoms. The topological polar surface area (TPSA) is 70.5 Å². The molecule has 0 spiro atoms. The molecule has 1 aromatic rings. The highest BCUT2D eigenvalue weighted by molar-refractivity contribution is 5.95. The minimum atomic E-state index is -1.02. The van der Waals surface area contributed by atoms with Crippen LogP contribution in [0.15, 0.2) is 24.5 Å². The largest absolute Gasteiger partial charge is 0.478 e. The summed E-state index contributed by atoms with van der Waals surface area (Å²) in [6, 6.07) is 2.21. The summed E-state index contributed by atoms with van der Waals surface area (Å²) in [4.78, 5) is 29.2. The van der Waals surface area contributed by atoms with Crippen LogP contribution in [0.25, 0.3) is 6.08 Å². The molecule has 1 saturated heterocycles. The summed E-state index contributed by atoms with van der Waals surface area (Å²) in [5.41, 5.74) is 1.12. The molecule has 0 radical (unpaired) electrons. The number of carboxylic acid groups (broad SMARTS) is 1. The average Bonchev–Trinajstić information content (AvgIpc) is 2.85. The Morgan fingerprint density at radius 1 is 1.43 bits per heavy atom. The minimum absolute atomic E-state index is 0.0232. The third-order valence-electron chi connectivity index (χ3n) is 3.92. The van der Waals surface area contributed by atoms with E-state index in [9.17, 15) is 9.59 Å². The van der Waals surface area contributed by atoms with E-state index in [0.29, 0.717) is 11.1 Å². The molecule has 5 nitrogen and oxygen atoms in total. The van der Waals surface area contributed by atoms with Gasteiger partial charge in [-0.1, -0.05) is 6.92 Å². The lowest BCUT2D eigenvalue weighted by Gasteiger charge is -2.28. The zero-order valence-corrected chi connectivity index (χ0v) is 12.3. The highest BCUT2D eigenvalue weighted by Crippen LogP contribution is 2.27. The van der Waals surface area contributed by atoms with Crippen molar-refractivity contribution in [2.24, 2.45) is 0 Å². The molecule has 2 unspecified atom stereocenters. The first-order chi connectivity index (χ1) is 10.0. The fourth-order valence-electron chi connectivity index (χ4n) is 2.82. The molecule has 2 atom stereocenters. The smallest absolute Gasteiger partial charge is 0.328 e. The zero-order valence-electron chi connectivity index (χ0n) is 12.3. The Hall–Kier alpha value is -2.17. The molecule has 1 aliphatic rings. The Morgan fingerprint density at radius 3 is 2.86 bits per heavy atom. The second-order valence-corrected chi connectivity index (χ2v) is 5.38. The van der Waals surface area contributed by atoms with Crippen LogP contribution >= 0.6 is 0 Å². The van der Waals surface area contributed by atoms with Gasteiger partial charge in [-0.2, -0.15) is 0 Å². The number of pyridine rings is 1. The molecule has 1 amide bonds. The summed E-state index contributed by atoms with van der Waals surface area (Å²) in [6.45, 7) is 4.16. The van der Waals surface area contributed by atoms with Gasteiger partial charge < -0.3 is 10.0 Å². The second-order valence-electron chi connectivity index (χ2n) is 5.38. The number of likely N-dealkylation sites (tertiary alicyclic amines) is 1. The lowest BCUT2D eigenvalue weighted by Crippen LogP contribution is -2.39. The van der Waals surface area contributed by atoms with Crippen molar-refractivity contribution in [3.63, 3.8) is 0 Å². The number of aliphatic carboxylic acids is 1. The Kier molecular flexibility index (Phi) is 4.73. The fourth-order valence-corrected chi connectivity index (χ4v) is 2.82. The number of rotatable bonds is 4. The van der Waals surface area contributed by atoms with Crippen molar-refractivity contribution in [3.05, 3.63) is 35.7 Å². The van der Waals surface area contributed by atoms with Crippen molar-refractivity contribution in [3.8, 4) is 0 Å². The summed E-state index contributed by atoms with van der Waals surface area (Å²) in [5, 5.41) is 8.64. The van der Waals surface area contributed by atoms with E-state index in [-0.39, 0.29) is 18.0 Å². The van der Waals surface area contributed by atoms with Gasteiger partial charge in [0, 0.05) is 30.6 Å². The van der Waals surface area contributed by atoms with Gasteiger partial charge >= 0.3 is 5.97 Å². The predicted molar refractivity (Wildman–Crippen MR) is 79.9 cm³/mol. The molecule has 1 aromatic heterocycles. The molecular weight excluding hydrogens is 268 g/mol. The first kappa shape index (κ1) is 15.2. The molecule has 2 heterocycles. The molecule has 2 rings (SSSR count). The number of carbonyl (C=O) groups excluding carboxylic acids is 1. The van der Waals surface area contributed by atoms with Crippen LogP contribution in [0.2, 0.25) is 0 Å². The standard InChI is InChI=1S/C16H20N2O3/c1-3-14-6-4-11(2)18(14)16(21)13-8-12(9-17-10-13)5-7-15(19)20/h5,7-11,14H,3-4,6H2,1-2H3,(H,19,20)/b7-5+. The first-order valence-corrected chi connectivity index (χ1v) is 7.21. The van der Waals surface area contributed by atoms with Gasteiger partial charge in [0.2, 0.25) is 0 Å². The van der Waals surface area contributed by atoms with E-state index in [1.54, 1.807) is 12.3 Å². The number of carbonyl (C=O) groups is 2. The quantitative estimate of drug-likeness (QED) is 0.864. The molecule has 5 heteroatoms. The lowest BCUT2D eigenvalue weighted by atomic mass is 10.1. The van der Waals surface area contributed by atoms with E-state index < -0.39 is 5.97 Å². The maximum atomic E-state index is 12.7. The Morgan fingerprint density at radius 2 is 2.19 bits per heavy atom. The number of nitrogens with zero attached hydrogens (tertiary/aromatic N) is 2. The van der Waals surface area contributed by atoms with E-state index in [1.807, 2.05) is 4.90 Å². The lowest BCUT2D eigenvalue weighted by molar-refractivity contribution is -0.131. The molecule has 0 saturated carbocycles. The molecule has 112 valence electrons. The van der Waals surface area contributed by atoms with Gasteiger partial charge in [-0.15, -0.1) is 0 Å². The van der Waals surface area contributed by atoms with Crippen molar-refractivity contribution in [2.75, 3.05) is 0 Å². The van der Waals surface area contributed by atoms with Crippen LogP contribution in [0.5, 0.6) is 0 Å². The van der Waals surface area contributed by atoms with Gasteiger partial charge in [0.25, 0.3) is 5.91 Å². The molecule has 0 bridgehead atoms. The maximum absolute atomic E-state index is 12.7. The monoisotopic (exact) mass is 288 g/mol. The van der Waals surface area contributed by atoms with Crippen LogP contribution in [0, 0.1) is 0 Å². The minimum Gasteiger partial charge on any atom is -0.478 e. The van der Waals surface area contributed by atoms with Crippen LogP contribution in [0.4, 0.5) is 0 Å². The van der Waals surface area contributed by atoms with Crippen LogP contribution < -0.4 is 0 Å². The third-order valence-corrected chi connectivity index (χ3v) is 3.92. The van der Waals surface area contributed by atoms with Gasteiger partial charge in [0.05, 0.1) is 5.56 Å². The number of hydrogen-bond donors (Lipinski definition) is 1. The van der Waals surface area contributed by atoms with E-state index >= 15 is 0 Å². The van der Waals surface area contributed by atoms with Crippen molar-refractivity contribution in [2.45, 2.75) is 45.2 Å². The van der Waals surface area contributed by atoms with Crippen LogP contribution in [-0.4, -0.2) is 39.0 Å². The number of hydrogen-bond acceptors (Lipinski definition) is 3. The van der Waals surface area contributed by atoms with Gasteiger partial charge in [-0.05, 0) is 43.9 Å². The summed E-state index contributed by atoms with van der Waals surface area (Å²) in [6.07, 6.45) is 8.57. The van der Waals surface area contributed by atoms with E-state index in [2.05, 4.69) is 18.8 Å². The Bertz CT molecular complexity index is 568. The van der Waals surface area contributed by atoms with Crippen molar-refractivity contribution in [1.29, 1.82) is 0 Å². The highest BCUT2D eigenvalue weighted by Gasteiger charge is 2.33. The predicted octanol–water partition coefficient (Wildman–Crippen LogP) is 2.58. The second kappa shape index (κ2) is 6.52. The molecule has 1 aliphatic heterocycles. The number of aromatic nitrogens is 1. The van der Waals surface area contributed by atoms with Gasteiger partial charge in [0.15, 0.2) is 0 Å². The normalized spacial score (nSPS) is 21.9. The molecular formula is C16H20N2O3. The average molecular weight is 288 g/mol. The van der Waals surface area contributed by atoms with Gasteiger partial charge in [0.1, 0.15) is 0 Å². The molecule has 1 fully saturated rings. The third kappa shape index (κ3) is 3.48. The summed E-state index contributed by atoms with van der Waals surface area (Å²) in [7, 11) is 0. The van der Waals surface area contributed by atoms with Gasteiger partial charge in [-0.25, -0.2) is 4.79 Å². The van der Waals surface area contributed by atoms with E-state index in [0.717, 1.165) is 25.3 Å². The van der Waals surface area contributed by atoms with Gasteiger partial charge in [-0.3, -0.25) is 9.78 Å². The summed E-state index contributed by atoms with van der Waals surface area (Å²) >= 11 is 0. The number of carboxylic acids is 1. The van der Waals surface area contributed by atoms with E-state index in [4.69, 9.17) is 5.11 Å². The maximum Gasteiger partial charge on any atom is 0.328 e. The first-order valence-electron chi connectivity index (χ1n) is 7.21. The fraction of sp³-hybridized carbons (Fsp3) is 0.438. The van der Waals surface area contributed by atoms with E-state index in [1.165, 1.54) is 12.3 Å². The number of amides is 1. The van der Waals surface area contributed by atoms with Crippen molar-refractivity contribution < 1.29 is 14.7 Å². The molecule has 1 N–H and O–H groups in total. The SMILES string of the molecule is CCC1CCC(C)N1C(=O)c1cncc(/C=C/C(=O)O)c1. The van der Waals surface area contributed by atoms with Crippen molar-refractivity contribution in [1.82, 2.24) is 9.88 Å². The van der Waals surface area contributed by atoms with Crippen LogP contribution in [-0.2, 0) is 4.79 Å². The van der Waals surface area contributed by atoms with Crippen molar-refractivity contribution >= 4 is 18.0 Å². The molecule has 0 aromatic carbocycles. The Balaban J connectivity index is 2.23. The summed E-state index contributed by atoms with van der Waals surface area (Å²) in [5.74, 6) is -1.05.